The number of fused-ring (bicyclic) bond motifs is 2. The zero-order chi connectivity index (χ0) is 13.4. The summed E-state index contributed by atoms with van der Waals surface area (Å²) in [7, 11) is 0. The second kappa shape index (κ2) is 4.74. The normalized spacial score (nSPS) is 28.5. The maximum atomic E-state index is 11.2. The van der Waals surface area contributed by atoms with Crippen molar-refractivity contribution in [1.29, 1.82) is 0 Å². The van der Waals surface area contributed by atoms with Crippen molar-refractivity contribution in [3.63, 3.8) is 0 Å². The first-order valence-corrected chi connectivity index (χ1v) is 6.65. The molecule has 2 aliphatic heterocycles. The van der Waals surface area contributed by atoms with Gasteiger partial charge in [-0.3, -0.25) is 0 Å². The summed E-state index contributed by atoms with van der Waals surface area (Å²) in [6, 6.07) is 4.93. The van der Waals surface area contributed by atoms with Gasteiger partial charge < -0.3 is 20.9 Å². The number of nitrogens with one attached hydrogen (secondary N) is 1. The second-order valence-corrected chi connectivity index (χ2v) is 5.36. The van der Waals surface area contributed by atoms with E-state index in [4.69, 9.17) is 15.6 Å². The zero-order valence-corrected chi connectivity index (χ0v) is 10.6. The summed E-state index contributed by atoms with van der Waals surface area (Å²) in [5.74, 6) is -0.475. The SMILES string of the molecule is Nc1ccc(NCC2CC3CCC2O3)c(C(=O)O)c1. The molecule has 5 heteroatoms. The third-order valence-electron chi connectivity index (χ3n) is 4.06. The molecule has 102 valence electrons. The van der Waals surface area contributed by atoms with Crippen LogP contribution in [-0.4, -0.2) is 29.8 Å². The van der Waals surface area contributed by atoms with Crippen molar-refractivity contribution in [2.24, 2.45) is 5.92 Å². The molecule has 1 aromatic rings. The van der Waals surface area contributed by atoms with Gasteiger partial charge in [0.05, 0.1) is 17.8 Å². The number of nitrogen functional groups attached to an aromatic ring is 1. The van der Waals surface area contributed by atoms with Crippen molar-refractivity contribution in [2.45, 2.75) is 31.5 Å². The van der Waals surface area contributed by atoms with Gasteiger partial charge in [0.2, 0.25) is 0 Å². The van der Waals surface area contributed by atoms with Gasteiger partial charge in [0, 0.05) is 23.8 Å². The average Bonchev–Trinajstić information content (AvgIpc) is 2.99. The Morgan fingerprint density at radius 2 is 2.32 bits per heavy atom. The molecule has 2 aliphatic rings. The van der Waals surface area contributed by atoms with Crippen LogP contribution in [0, 0.1) is 5.92 Å². The van der Waals surface area contributed by atoms with E-state index in [0.717, 1.165) is 19.4 Å². The van der Waals surface area contributed by atoms with Gasteiger partial charge in [-0.1, -0.05) is 0 Å². The molecule has 3 atom stereocenters. The van der Waals surface area contributed by atoms with Gasteiger partial charge in [0.1, 0.15) is 0 Å². The lowest BCUT2D eigenvalue weighted by Crippen LogP contribution is -2.24. The minimum absolute atomic E-state index is 0.226. The molecule has 5 nitrogen and oxygen atoms in total. The van der Waals surface area contributed by atoms with Crippen LogP contribution >= 0.6 is 0 Å². The van der Waals surface area contributed by atoms with Crippen LogP contribution in [0.5, 0.6) is 0 Å². The number of rotatable bonds is 4. The molecule has 2 bridgehead atoms. The number of hydrogen-bond donors (Lipinski definition) is 3. The number of carbonyl (C=O) groups is 1. The molecule has 2 fully saturated rings. The molecule has 3 unspecified atom stereocenters. The molecule has 2 heterocycles. The van der Waals surface area contributed by atoms with Crippen LogP contribution in [0.1, 0.15) is 29.6 Å². The fraction of sp³-hybridized carbons (Fsp3) is 0.500. The predicted octanol–water partition coefficient (Wildman–Crippen LogP) is 1.95. The van der Waals surface area contributed by atoms with Crippen molar-refractivity contribution in [2.75, 3.05) is 17.6 Å². The van der Waals surface area contributed by atoms with E-state index in [1.165, 1.54) is 12.5 Å². The van der Waals surface area contributed by atoms with Gasteiger partial charge in [-0.25, -0.2) is 4.79 Å². The van der Waals surface area contributed by atoms with Crippen LogP contribution in [-0.2, 0) is 4.74 Å². The summed E-state index contributed by atoms with van der Waals surface area (Å²) in [6.45, 7) is 0.755. The number of ether oxygens (including phenoxy) is 1. The van der Waals surface area contributed by atoms with Gasteiger partial charge in [-0.15, -0.1) is 0 Å². The summed E-state index contributed by atoms with van der Waals surface area (Å²) < 4.78 is 5.79. The van der Waals surface area contributed by atoms with Gasteiger partial charge in [-0.05, 0) is 37.5 Å². The van der Waals surface area contributed by atoms with Crippen molar-refractivity contribution in [3.05, 3.63) is 23.8 Å². The summed E-state index contributed by atoms with van der Waals surface area (Å²) in [5.41, 5.74) is 6.94. The standard InChI is InChI=1S/C14H18N2O3/c15-9-1-3-12(11(6-9)14(17)18)16-7-8-5-10-2-4-13(8)19-10/h1,3,6,8,10,13,16H,2,4-5,7,15H2,(H,17,18). The highest BCUT2D eigenvalue weighted by atomic mass is 16.5. The number of hydrogen-bond acceptors (Lipinski definition) is 4. The summed E-state index contributed by atoms with van der Waals surface area (Å²) >= 11 is 0. The summed E-state index contributed by atoms with van der Waals surface area (Å²) in [5, 5.41) is 12.4. The van der Waals surface area contributed by atoms with E-state index >= 15 is 0 Å². The third-order valence-corrected chi connectivity index (χ3v) is 4.06. The van der Waals surface area contributed by atoms with Crippen molar-refractivity contribution in [3.8, 4) is 0 Å². The largest absolute Gasteiger partial charge is 0.478 e. The van der Waals surface area contributed by atoms with E-state index in [1.807, 2.05) is 0 Å². The van der Waals surface area contributed by atoms with Crippen LogP contribution in [0.25, 0.3) is 0 Å². The molecule has 0 saturated carbocycles. The number of carboxylic acids is 1. The van der Waals surface area contributed by atoms with E-state index in [9.17, 15) is 4.79 Å². The molecule has 0 aliphatic carbocycles. The zero-order valence-electron chi connectivity index (χ0n) is 10.6. The Bertz CT molecular complexity index is 503. The number of carboxylic acid groups (broad SMARTS) is 1. The molecular weight excluding hydrogens is 244 g/mol. The Balaban J connectivity index is 1.68. The van der Waals surface area contributed by atoms with Crippen molar-refractivity contribution in [1.82, 2.24) is 0 Å². The summed E-state index contributed by atoms with van der Waals surface area (Å²) in [6.07, 6.45) is 4.14. The summed E-state index contributed by atoms with van der Waals surface area (Å²) in [4.78, 5) is 11.2. The first-order chi connectivity index (χ1) is 9.13. The molecule has 4 N–H and O–H groups in total. The Morgan fingerprint density at radius 3 is 2.95 bits per heavy atom. The van der Waals surface area contributed by atoms with E-state index in [-0.39, 0.29) is 5.56 Å². The maximum absolute atomic E-state index is 11.2. The monoisotopic (exact) mass is 262 g/mol. The molecule has 1 aromatic carbocycles. The molecule has 0 aromatic heterocycles. The average molecular weight is 262 g/mol. The molecule has 0 radical (unpaired) electrons. The van der Waals surface area contributed by atoms with E-state index in [1.54, 1.807) is 12.1 Å². The second-order valence-electron chi connectivity index (χ2n) is 5.36. The number of aromatic carboxylic acids is 1. The highest BCUT2D eigenvalue weighted by molar-refractivity contribution is 5.95. The van der Waals surface area contributed by atoms with Crippen LogP contribution < -0.4 is 11.1 Å². The molecule has 19 heavy (non-hydrogen) atoms. The maximum Gasteiger partial charge on any atom is 0.337 e. The highest BCUT2D eigenvalue weighted by Crippen LogP contribution is 2.38. The molecule has 3 rings (SSSR count). The van der Waals surface area contributed by atoms with E-state index in [2.05, 4.69) is 5.32 Å². The predicted molar refractivity (Wildman–Crippen MR) is 72.3 cm³/mol. The van der Waals surface area contributed by atoms with Gasteiger partial charge in [0.15, 0.2) is 0 Å². The fourth-order valence-corrected chi connectivity index (χ4v) is 3.09. The lowest BCUT2D eigenvalue weighted by Gasteiger charge is -2.20. The number of benzene rings is 1. The Kier molecular flexibility index (Phi) is 3.06. The van der Waals surface area contributed by atoms with Crippen LogP contribution in [0.2, 0.25) is 0 Å². The van der Waals surface area contributed by atoms with Crippen LogP contribution in [0.4, 0.5) is 11.4 Å². The molecule has 2 saturated heterocycles. The van der Waals surface area contributed by atoms with E-state index < -0.39 is 5.97 Å². The number of anilines is 2. The van der Waals surface area contributed by atoms with E-state index in [0.29, 0.717) is 29.5 Å². The Morgan fingerprint density at radius 1 is 1.47 bits per heavy atom. The van der Waals surface area contributed by atoms with Crippen molar-refractivity contribution >= 4 is 17.3 Å². The lowest BCUT2D eigenvalue weighted by atomic mass is 9.89. The Labute approximate surface area is 111 Å². The topological polar surface area (TPSA) is 84.6 Å². The van der Waals surface area contributed by atoms with Crippen molar-refractivity contribution < 1.29 is 14.6 Å². The molecule has 0 amide bonds. The number of nitrogens with two attached hydrogens (primary N) is 1. The quantitative estimate of drug-likeness (QED) is 0.722. The smallest absolute Gasteiger partial charge is 0.337 e. The van der Waals surface area contributed by atoms with Crippen LogP contribution in [0.3, 0.4) is 0 Å². The molecule has 0 spiro atoms. The highest BCUT2D eigenvalue weighted by Gasteiger charge is 2.40. The van der Waals surface area contributed by atoms with Gasteiger partial charge in [-0.2, -0.15) is 0 Å². The fourth-order valence-electron chi connectivity index (χ4n) is 3.09. The van der Waals surface area contributed by atoms with Crippen LogP contribution in [0.15, 0.2) is 18.2 Å². The first kappa shape index (κ1) is 12.3. The first-order valence-electron chi connectivity index (χ1n) is 6.65. The third kappa shape index (κ3) is 2.38. The minimum atomic E-state index is -0.959. The van der Waals surface area contributed by atoms with Gasteiger partial charge >= 0.3 is 5.97 Å². The Hall–Kier alpha value is -1.75. The van der Waals surface area contributed by atoms with Gasteiger partial charge in [0.25, 0.3) is 0 Å². The lowest BCUT2D eigenvalue weighted by molar-refractivity contribution is 0.0698. The minimum Gasteiger partial charge on any atom is -0.478 e. The molecular formula is C14H18N2O3.